The molecule has 1 aromatic carbocycles. The number of aromatic nitrogens is 2. The number of rotatable bonds is 2. The summed E-state index contributed by atoms with van der Waals surface area (Å²) in [6.07, 6.45) is 3.03. The van der Waals surface area contributed by atoms with Gasteiger partial charge in [0.25, 0.3) is 0 Å². The van der Waals surface area contributed by atoms with E-state index < -0.39 is 5.97 Å². The number of hydrogen-bond acceptors (Lipinski definition) is 2. The highest BCUT2D eigenvalue weighted by molar-refractivity contribution is 9.10. The number of aliphatic carboxylic acids is 1. The van der Waals surface area contributed by atoms with Crippen LogP contribution in [-0.2, 0) is 17.8 Å². The predicted molar refractivity (Wildman–Crippen MR) is 82.1 cm³/mol. The molecule has 1 unspecified atom stereocenters. The molecule has 1 N–H and O–H groups in total. The lowest BCUT2D eigenvalue weighted by molar-refractivity contribution is -0.142. The van der Waals surface area contributed by atoms with Crippen molar-refractivity contribution >= 4 is 34.3 Å². The molecule has 3 rings (SSSR count). The van der Waals surface area contributed by atoms with Crippen LogP contribution in [0, 0.1) is 5.92 Å². The Kier molecular flexibility index (Phi) is 4.50. The van der Waals surface area contributed by atoms with Crippen molar-refractivity contribution in [1.82, 2.24) is 9.55 Å². The maximum atomic E-state index is 11.0. The van der Waals surface area contributed by atoms with Crippen molar-refractivity contribution in [2.75, 3.05) is 0 Å². The van der Waals surface area contributed by atoms with Gasteiger partial charge in [-0.1, -0.05) is 28.1 Å². The number of benzene rings is 1. The van der Waals surface area contributed by atoms with Crippen LogP contribution in [0.2, 0.25) is 0 Å². The molecule has 0 bridgehead atoms. The topological polar surface area (TPSA) is 55.1 Å². The molecule has 1 aromatic heterocycles. The van der Waals surface area contributed by atoms with E-state index in [2.05, 4.69) is 25.5 Å². The summed E-state index contributed by atoms with van der Waals surface area (Å²) in [7, 11) is 0. The molecular formula is C14H14BrClN2O2. The summed E-state index contributed by atoms with van der Waals surface area (Å²) in [5.41, 5.74) is 2.06. The summed E-state index contributed by atoms with van der Waals surface area (Å²) in [5, 5.41) is 9.09. The molecular weight excluding hydrogens is 344 g/mol. The summed E-state index contributed by atoms with van der Waals surface area (Å²) in [6, 6.07) is 8.00. The number of imidazole rings is 1. The first-order valence-electron chi connectivity index (χ1n) is 6.18. The molecule has 1 aliphatic rings. The van der Waals surface area contributed by atoms with Crippen molar-refractivity contribution < 1.29 is 9.90 Å². The zero-order valence-corrected chi connectivity index (χ0v) is 13.0. The first-order chi connectivity index (χ1) is 9.15. The second kappa shape index (κ2) is 5.97. The predicted octanol–water partition coefficient (Wildman–Crippen LogP) is 3.38. The van der Waals surface area contributed by atoms with E-state index in [0.717, 1.165) is 21.6 Å². The lowest BCUT2D eigenvalue weighted by Crippen LogP contribution is -2.25. The number of hydrogen-bond donors (Lipinski definition) is 1. The molecule has 0 amide bonds. The fourth-order valence-corrected chi connectivity index (χ4v) is 2.93. The van der Waals surface area contributed by atoms with Crippen molar-refractivity contribution in [2.24, 2.45) is 5.92 Å². The van der Waals surface area contributed by atoms with E-state index in [-0.39, 0.29) is 18.3 Å². The maximum Gasteiger partial charge on any atom is 0.306 e. The summed E-state index contributed by atoms with van der Waals surface area (Å²) in [4.78, 5) is 15.5. The van der Waals surface area contributed by atoms with E-state index in [1.807, 2.05) is 24.3 Å². The third-order valence-corrected chi connectivity index (χ3v) is 4.02. The van der Waals surface area contributed by atoms with E-state index in [0.29, 0.717) is 19.4 Å². The molecule has 106 valence electrons. The van der Waals surface area contributed by atoms with Crippen LogP contribution < -0.4 is 0 Å². The lowest BCUT2D eigenvalue weighted by atomic mass is 9.96. The molecule has 0 saturated heterocycles. The third-order valence-electron chi connectivity index (χ3n) is 3.53. The Bertz CT molecular complexity index is 642. The van der Waals surface area contributed by atoms with Gasteiger partial charge in [-0.25, -0.2) is 4.98 Å². The van der Waals surface area contributed by atoms with Crippen molar-refractivity contribution in [3.63, 3.8) is 0 Å². The molecule has 2 aromatic rings. The Morgan fingerprint density at radius 3 is 2.95 bits per heavy atom. The van der Waals surface area contributed by atoms with E-state index in [9.17, 15) is 4.79 Å². The molecule has 2 heterocycles. The zero-order chi connectivity index (χ0) is 13.4. The summed E-state index contributed by atoms with van der Waals surface area (Å²) in [5.74, 6) is -0.0730. The maximum absolute atomic E-state index is 11.0. The van der Waals surface area contributed by atoms with E-state index >= 15 is 0 Å². The van der Waals surface area contributed by atoms with Gasteiger partial charge in [0.15, 0.2) is 0 Å². The standard InChI is InChI=1S/C14H13BrN2O2.ClH/c15-11-3-1-2-9(6-11)13-16-8-12-7-10(14(18)19)4-5-17(12)13;/h1-3,6,8,10H,4-5,7H2,(H,18,19);1H. The minimum absolute atomic E-state index is 0. The van der Waals surface area contributed by atoms with Gasteiger partial charge in [-0.05, 0) is 18.6 Å². The van der Waals surface area contributed by atoms with Gasteiger partial charge >= 0.3 is 5.97 Å². The molecule has 20 heavy (non-hydrogen) atoms. The second-order valence-corrected chi connectivity index (χ2v) is 5.68. The largest absolute Gasteiger partial charge is 0.481 e. The zero-order valence-electron chi connectivity index (χ0n) is 10.6. The van der Waals surface area contributed by atoms with Crippen molar-refractivity contribution in [3.8, 4) is 11.4 Å². The van der Waals surface area contributed by atoms with Crippen LogP contribution in [0.15, 0.2) is 34.9 Å². The Hall–Kier alpha value is -1.33. The minimum Gasteiger partial charge on any atom is -0.481 e. The first kappa shape index (κ1) is 15.1. The monoisotopic (exact) mass is 356 g/mol. The SMILES string of the molecule is Cl.O=C(O)C1CCn2c(cnc2-c2cccc(Br)c2)C1. The van der Waals surface area contributed by atoms with E-state index in [1.165, 1.54) is 0 Å². The third kappa shape index (κ3) is 2.74. The number of carboxylic acid groups (broad SMARTS) is 1. The van der Waals surface area contributed by atoms with Crippen molar-refractivity contribution in [1.29, 1.82) is 0 Å². The summed E-state index contributed by atoms with van der Waals surface area (Å²) < 4.78 is 3.14. The molecule has 0 aliphatic carbocycles. The fourth-order valence-electron chi connectivity index (χ4n) is 2.53. The average molecular weight is 358 g/mol. The van der Waals surface area contributed by atoms with E-state index in [4.69, 9.17) is 5.11 Å². The summed E-state index contributed by atoms with van der Waals surface area (Å²) in [6.45, 7) is 0.716. The molecule has 4 nitrogen and oxygen atoms in total. The van der Waals surface area contributed by atoms with Crippen LogP contribution in [-0.4, -0.2) is 20.6 Å². The van der Waals surface area contributed by atoms with Gasteiger partial charge in [0.2, 0.25) is 0 Å². The van der Waals surface area contributed by atoms with Crippen molar-refractivity contribution in [3.05, 3.63) is 40.6 Å². The second-order valence-electron chi connectivity index (χ2n) is 4.76. The highest BCUT2D eigenvalue weighted by atomic mass is 79.9. The van der Waals surface area contributed by atoms with Crippen molar-refractivity contribution in [2.45, 2.75) is 19.4 Å². The fraction of sp³-hybridized carbons (Fsp3) is 0.286. The summed E-state index contributed by atoms with van der Waals surface area (Å²) >= 11 is 3.46. The van der Waals surface area contributed by atoms with Crippen LogP contribution in [0.3, 0.4) is 0 Å². The molecule has 1 aliphatic heterocycles. The van der Waals surface area contributed by atoms with Gasteiger partial charge < -0.3 is 9.67 Å². The van der Waals surface area contributed by atoms with Gasteiger partial charge in [0.05, 0.1) is 5.92 Å². The Morgan fingerprint density at radius 2 is 2.25 bits per heavy atom. The Morgan fingerprint density at radius 1 is 1.45 bits per heavy atom. The average Bonchev–Trinajstić information content (AvgIpc) is 2.81. The lowest BCUT2D eigenvalue weighted by Gasteiger charge is -2.22. The number of carboxylic acids is 1. The highest BCUT2D eigenvalue weighted by Gasteiger charge is 2.26. The molecule has 0 saturated carbocycles. The Balaban J connectivity index is 0.00000147. The molecule has 0 fully saturated rings. The first-order valence-corrected chi connectivity index (χ1v) is 6.97. The molecule has 1 atom stereocenters. The van der Waals surface area contributed by atoms with Crippen LogP contribution in [0.5, 0.6) is 0 Å². The number of fused-ring (bicyclic) bond motifs is 1. The van der Waals surface area contributed by atoms with Crippen LogP contribution in [0.1, 0.15) is 12.1 Å². The van der Waals surface area contributed by atoms with Crippen LogP contribution >= 0.6 is 28.3 Å². The van der Waals surface area contributed by atoms with Gasteiger partial charge in [-0.2, -0.15) is 0 Å². The number of halogens is 2. The minimum atomic E-state index is -0.712. The quantitative estimate of drug-likeness (QED) is 0.896. The van der Waals surface area contributed by atoms with Gasteiger partial charge in [0.1, 0.15) is 5.82 Å². The van der Waals surface area contributed by atoms with Gasteiger partial charge in [-0.15, -0.1) is 12.4 Å². The highest BCUT2D eigenvalue weighted by Crippen LogP contribution is 2.28. The van der Waals surface area contributed by atoms with E-state index in [1.54, 1.807) is 6.20 Å². The number of nitrogens with zero attached hydrogens (tertiary/aromatic N) is 2. The normalized spacial score (nSPS) is 17.1. The van der Waals surface area contributed by atoms with Crippen LogP contribution in [0.4, 0.5) is 0 Å². The van der Waals surface area contributed by atoms with Gasteiger partial charge in [-0.3, -0.25) is 4.79 Å². The molecule has 0 radical (unpaired) electrons. The van der Waals surface area contributed by atoms with Gasteiger partial charge in [0, 0.05) is 34.9 Å². The van der Waals surface area contributed by atoms with Crippen LogP contribution in [0.25, 0.3) is 11.4 Å². The molecule has 0 spiro atoms. The Labute approximate surface area is 131 Å². The smallest absolute Gasteiger partial charge is 0.306 e. The molecule has 6 heteroatoms. The number of carbonyl (C=O) groups is 1.